The highest BCUT2D eigenvalue weighted by Crippen LogP contribution is 2.53. The van der Waals surface area contributed by atoms with Gasteiger partial charge in [0.05, 0.1) is 5.41 Å². The second kappa shape index (κ2) is 10.1. The second-order valence-corrected chi connectivity index (χ2v) is 12.0. The van der Waals surface area contributed by atoms with Crippen molar-refractivity contribution in [3.05, 3.63) is 5.76 Å². The lowest BCUT2D eigenvalue weighted by Gasteiger charge is -2.54. The Labute approximate surface area is 205 Å². The molecule has 8 nitrogen and oxygen atoms in total. The van der Waals surface area contributed by atoms with E-state index in [1.54, 1.807) is 0 Å². The number of ether oxygens (including phenoxy) is 1. The van der Waals surface area contributed by atoms with Gasteiger partial charge in [-0.1, -0.05) is 13.3 Å². The Morgan fingerprint density at radius 1 is 1.18 bits per heavy atom. The van der Waals surface area contributed by atoms with Gasteiger partial charge in [-0.25, -0.2) is 0 Å². The van der Waals surface area contributed by atoms with Crippen LogP contribution in [0, 0.1) is 29.1 Å². The molecule has 1 aromatic rings. The molecule has 0 spiro atoms. The van der Waals surface area contributed by atoms with Crippen molar-refractivity contribution in [2.24, 2.45) is 34.8 Å². The first-order valence-corrected chi connectivity index (χ1v) is 14.1. The van der Waals surface area contributed by atoms with Crippen LogP contribution >= 0.6 is 11.8 Å². The van der Waals surface area contributed by atoms with Crippen molar-refractivity contribution < 1.29 is 18.8 Å². The summed E-state index contributed by atoms with van der Waals surface area (Å²) in [6.07, 6.45) is 9.87. The van der Waals surface area contributed by atoms with E-state index in [1.807, 2.05) is 0 Å². The van der Waals surface area contributed by atoms with Crippen LogP contribution in [0.1, 0.15) is 75.3 Å². The molecule has 5 fully saturated rings. The van der Waals surface area contributed by atoms with E-state index < -0.39 is 5.41 Å². The third kappa shape index (κ3) is 4.57. The standard InChI is InChI=1S/C25H38N4O4S/c1-2-8-34-21-20(22(30)28-19-17-10-15-9-16(12-17)13-18(19)11-15)33-29-23(21)32-14-25(4-3-5-25)24(31)27-7-6-26/h15-19H,2-14,26H2,1H3,(H,27,31)(H,28,30). The van der Waals surface area contributed by atoms with E-state index in [4.69, 9.17) is 15.0 Å². The van der Waals surface area contributed by atoms with Gasteiger partial charge >= 0.3 is 0 Å². The van der Waals surface area contributed by atoms with Crippen LogP contribution in [0.5, 0.6) is 5.88 Å². The van der Waals surface area contributed by atoms with Crippen molar-refractivity contribution in [3.8, 4) is 5.88 Å². The topological polar surface area (TPSA) is 119 Å². The molecule has 5 aliphatic rings. The van der Waals surface area contributed by atoms with E-state index >= 15 is 0 Å². The lowest BCUT2D eigenvalue weighted by Crippen LogP contribution is -2.55. The zero-order valence-corrected chi connectivity index (χ0v) is 21.0. The van der Waals surface area contributed by atoms with Crippen LogP contribution in [0.4, 0.5) is 0 Å². The van der Waals surface area contributed by atoms with Crippen molar-refractivity contribution >= 4 is 23.6 Å². The molecule has 0 unspecified atom stereocenters. The number of thioether (sulfide) groups is 1. The summed E-state index contributed by atoms with van der Waals surface area (Å²) in [7, 11) is 0. The predicted octanol–water partition coefficient (Wildman–Crippen LogP) is 3.36. The summed E-state index contributed by atoms with van der Waals surface area (Å²) >= 11 is 1.54. The van der Waals surface area contributed by atoms with Crippen LogP contribution in [-0.2, 0) is 4.79 Å². The minimum absolute atomic E-state index is 0.0182. The maximum Gasteiger partial charge on any atom is 0.291 e. The van der Waals surface area contributed by atoms with Gasteiger partial charge in [0.2, 0.25) is 11.7 Å². The van der Waals surface area contributed by atoms with Gasteiger partial charge in [0.1, 0.15) is 11.5 Å². The lowest BCUT2D eigenvalue weighted by atomic mass is 9.54. The van der Waals surface area contributed by atoms with Gasteiger partial charge in [-0.2, -0.15) is 0 Å². The molecule has 5 saturated carbocycles. The summed E-state index contributed by atoms with van der Waals surface area (Å²) in [5, 5.41) is 10.4. The van der Waals surface area contributed by atoms with Gasteiger partial charge in [0.25, 0.3) is 11.8 Å². The number of nitrogens with one attached hydrogen (secondary N) is 2. The molecule has 2 amide bonds. The Hall–Kier alpha value is -1.74. The fourth-order valence-corrected chi connectivity index (χ4v) is 7.72. The van der Waals surface area contributed by atoms with Crippen molar-refractivity contribution in [2.75, 3.05) is 25.4 Å². The van der Waals surface area contributed by atoms with Crippen LogP contribution in [0.2, 0.25) is 0 Å². The van der Waals surface area contributed by atoms with Gasteiger partial charge in [-0.05, 0) is 85.9 Å². The lowest BCUT2D eigenvalue weighted by molar-refractivity contribution is -0.138. The number of hydrogen-bond donors (Lipinski definition) is 3. The maximum atomic E-state index is 13.3. The number of carbonyl (C=O) groups excluding carboxylic acids is 2. The molecule has 0 radical (unpaired) electrons. The molecule has 1 heterocycles. The smallest absolute Gasteiger partial charge is 0.291 e. The van der Waals surface area contributed by atoms with Gasteiger partial charge in [-0.15, -0.1) is 11.8 Å². The van der Waals surface area contributed by atoms with E-state index in [0.717, 1.165) is 43.3 Å². The van der Waals surface area contributed by atoms with E-state index in [0.29, 0.717) is 35.7 Å². The molecule has 4 bridgehead atoms. The normalized spacial score (nSPS) is 30.6. The van der Waals surface area contributed by atoms with Crippen LogP contribution in [0.3, 0.4) is 0 Å². The van der Waals surface area contributed by atoms with Gasteiger partial charge < -0.3 is 25.6 Å². The summed E-state index contributed by atoms with van der Waals surface area (Å²) in [6, 6.07) is 0.239. The van der Waals surface area contributed by atoms with Gasteiger partial charge in [-0.3, -0.25) is 9.59 Å². The summed E-state index contributed by atoms with van der Waals surface area (Å²) in [6.45, 7) is 3.19. The Kier molecular flexibility index (Phi) is 7.12. The molecule has 5 aliphatic carbocycles. The Morgan fingerprint density at radius 3 is 2.47 bits per heavy atom. The van der Waals surface area contributed by atoms with Gasteiger partial charge in [0, 0.05) is 19.1 Å². The molecular weight excluding hydrogens is 452 g/mol. The van der Waals surface area contributed by atoms with E-state index in [2.05, 4.69) is 22.7 Å². The highest BCUT2D eigenvalue weighted by Gasteiger charge is 2.49. The molecule has 4 N–H and O–H groups in total. The van der Waals surface area contributed by atoms with Crippen LogP contribution in [-0.4, -0.2) is 48.5 Å². The zero-order chi connectivity index (χ0) is 23.7. The maximum absolute atomic E-state index is 13.3. The molecule has 0 atom stereocenters. The monoisotopic (exact) mass is 490 g/mol. The number of aromatic nitrogens is 1. The van der Waals surface area contributed by atoms with E-state index in [1.165, 1.54) is 43.9 Å². The molecule has 0 saturated heterocycles. The first kappa shape index (κ1) is 24.0. The molecule has 1 aromatic heterocycles. The number of rotatable bonds is 11. The van der Waals surface area contributed by atoms with E-state index in [9.17, 15) is 9.59 Å². The average Bonchev–Trinajstić information content (AvgIpc) is 3.20. The molecule has 34 heavy (non-hydrogen) atoms. The minimum Gasteiger partial charge on any atom is -0.474 e. The van der Waals surface area contributed by atoms with Crippen molar-refractivity contribution in [1.29, 1.82) is 0 Å². The third-order valence-corrected chi connectivity index (χ3v) is 9.77. The molecular formula is C25H38N4O4S. The Bertz CT molecular complexity index is 871. The fraction of sp³-hybridized carbons (Fsp3) is 0.800. The number of nitrogens with two attached hydrogens (primary N) is 1. The number of amides is 2. The Morgan fingerprint density at radius 2 is 1.88 bits per heavy atom. The minimum atomic E-state index is -0.552. The van der Waals surface area contributed by atoms with Crippen LogP contribution in [0.15, 0.2) is 9.42 Å². The molecule has 0 aromatic carbocycles. The fourth-order valence-electron chi connectivity index (χ4n) is 6.83. The van der Waals surface area contributed by atoms with Gasteiger partial charge in [0.15, 0.2) is 0 Å². The number of nitrogens with zero attached hydrogens (tertiary/aromatic N) is 1. The quantitative estimate of drug-likeness (QED) is 0.407. The summed E-state index contributed by atoms with van der Waals surface area (Å²) in [5.41, 5.74) is 4.99. The van der Waals surface area contributed by atoms with E-state index in [-0.39, 0.29) is 30.2 Å². The van der Waals surface area contributed by atoms with Crippen LogP contribution < -0.4 is 21.1 Å². The summed E-state index contributed by atoms with van der Waals surface area (Å²) in [4.78, 5) is 26.7. The SMILES string of the molecule is CCCSc1c(OCC2(C(=O)NCCN)CCC2)noc1C(=O)NC1C2CC3CC(C2)CC1C3. The summed E-state index contributed by atoms with van der Waals surface area (Å²) in [5.74, 6) is 4.11. The largest absolute Gasteiger partial charge is 0.474 e. The average molecular weight is 491 g/mol. The number of carbonyl (C=O) groups is 2. The molecule has 6 rings (SSSR count). The van der Waals surface area contributed by atoms with Crippen molar-refractivity contribution in [3.63, 3.8) is 0 Å². The molecule has 188 valence electrons. The second-order valence-electron chi connectivity index (χ2n) is 10.9. The highest BCUT2D eigenvalue weighted by atomic mass is 32.2. The van der Waals surface area contributed by atoms with Crippen molar-refractivity contribution in [1.82, 2.24) is 15.8 Å². The number of hydrogen-bond acceptors (Lipinski definition) is 7. The zero-order valence-electron chi connectivity index (χ0n) is 20.1. The summed E-state index contributed by atoms with van der Waals surface area (Å²) < 4.78 is 11.6. The third-order valence-electron chi connectivity index (χ3n) is 8.51. The van der Waals surface area contributed by atoms with Crippen molar-refractivity contribution in [2.45, 2.75) is 75.6 Å². The first-order valence-electron chi connectivity index (χ1n) is 13.1. The molecule has 0 aliphatic heterocycles. The highest BCUT2D eigenvalue weighted by molar-refractivity contribution is 7.99. The Balaban J connectivity index is 1.27. The predicted molar refractivity (Wildman–Crippen MR) is 130 cm³/mol. The molecule has 9 heteroatoms. The van der Waals surface area contributed by atoms with Crippen LogP contribution in [0.25, 0.3) is 0 Å². The first-order chi connectivity index (χ1) is 16.5.